The predicted molar refractivity (Wildman–Crippen MR) is 60.1 cm³/mol. The van der Waals surface area contributed by atoms with Crippen LogP contribution in [-0.4, -0.2) is 0 Å². The highest BCUT2D eigenvalue weighted by molar-refractivity contribution is 5.74. The number of hydrogen-bond donors (Lipinski definition) is 1. The van der Waals surface area contributed by atoms with Crippen molar-refractivity contribution in [1.82, 2.24) is 0 Å². The molecule has 14 heavy (non-hydrogen) atoms. The van der Waals surface area contributed by atoms with Crippen LogP contribution < -0.4 is 5.32 Å². The van der Waals surface area contributed by atoms with E-state index in [1.807, 2.05) is 0 Å². The molecule has 1 aliphatic heterocycles. The summed E-state index contributed by atoms with van der Waals surface area (Å²) in [7, 11) is 0. The van der Waals surface area contributed by atoms with Gasteiger partial charge in [0.2, 0.25) is 0 Å². The third kappa shape index (κ3) is 1.88. The Morgan fingerprint density at radius 2 is 1.86 bits per heavy atom. The number of quaternary nitrogens is 1. The fraction of sp³-hybridized carbons (Fsp3) is 0.385. The molecule has 0 atom stereocenters. The molecule has 1 nitrogen and oxygen atoms in total. The molecule has 0 saturated heterocycles. The Morgan fingerprint density at radius 3 is 2.57 bits per heavy atom. The van der Waals surface area contributed by atoms with Crippen molar-refractivity contribution in [3.8, 4) is 0 Å². The predicted octanol–water partition coefficient (Wildman–Crippen LogP) is 2.67. The Labute approximate surface area is 85.8 Å². The summed E-state index contributed by atoms with van der Waals surface area (Å²) in [6, 6.07) is 8.62. The zero-order valence-electron chi connectivity index (χ0n) is 9.17. The second kappa shape index (κ2) is 3.25. The first-order chi connectivity index (χ1) is 6.56. The van der Waals surface area contributed by atoms with Crippen LogP contribution in [0.15, 0.2) is 30.5 Å². The highest BCUT2D eigenvalue weighted by atomic mass is 14.9. The van der Waals surface area contributed by atoms with Crippen molar-refractivity contribution in [2.45, 2.75) is 27.2 Å². The second-order valence-electron chi connectivity index (χ2n) is 5.18. The minimum atomic E-state index is 0.372. The van der Waals surface area contributed by atoms with Gasteiger partial charge in [-0.2, -0.15) is 0 Å². The summed E-state index contributed by atoms with van der Waals surface area (Å²) < 4.78 is 0. The van der Waals surface area contributed by atoms with E-state index >= 15 is 0 Å². The van der Waals surface area contributed by atoms with Crippen molar-refractivity contribution in [3.05, 3.63) is 36.0 Å². The minimum Gasteiger partial charge on any atom is -0.287 e. The van der Waals surface area contributed by atoms with Crippen molar-refractivity contribution in [2.75, 3.05) is 0 Å². The van der Waals surface area contributed by atoms with E-state index in [4.69, 9.17) is 0 Å². The lowest BCUT2D eigenvalue weighted by molar-refractivity contribution is -0.491. The third-order valence-corrected chi connectivity index (χ3v) is 2.49. The number of allylic oxidation sites excluding steroid dienone is 1. The molecule has 1 aromatic rings. The van der Waals surface area contributed by atoms with Crippen molar-refractivity contribution < 1.29 is 5.32 Å². The van der Waals surface area contributed by atoms with Gasteiger partial charge in [0.05, 0.1) is 0 Å². The number of nitrogens with two attached hydrogens (primary N) is 1. The van der Waals surface area contributed by atoms with E-state index in [0.717, 1.165) is 6.42 Å². The third-order valence-electron chi connectivity index (χ3n) is 2.49. The Balaban J connectivity index is 2.25. The summed E-state index contributed by atoms with van der Waals surface area (Å²) >= 11 is 0. The minimum absolute atomic E-state index is 0.372. The molecule has 0 saturated carbocycles. The van der Waals surface area contributed by atoms with E-state index in [2.05, 4.69) is 56.6 Å². The molecule has 74 valence electrons. The van der Waals surface area contributed by atoms with E-state index < -0.39 is 0 Å². The summed E-state index contributed by atoms with van der Waals surface area (Å²) in [6.45, 7) is 6.86. The second-order valence-corrected chi connectivity index (χ2v) is 5.18. The monoisotopic (exact) mass is 188 g/mol. The molecule has 1 heteroatoms. The lowest BCUT2D eigenvalue weighted by Crippen LogP contribution is -2.69. The highest BCUT2D eigenvalue weighted by Crippen LogP contribution is 2.33. The van der Waals surface area contributed by atoms with E-state index in [1.165, 1.54) is 16.8 Å². The molecular formula is C13H18N+. The normalized spacial score (nSPS) is 15.2. The lowest BCUT2D eigenvalue weighted by Gasteiger charge is -2.17. The molecular weight excluding hydrogens is 170 g/mol. The summed E-state index contributed by atoms with van der Waals surface area (Å²) in [4.78, 5) is 0. The first-order valence-corrected chi connectivity index (χ1v) is 5.20. The maximum atomic E-state index is 2.29. The van der Waals surface area contributed by atoms with Crippen LogP contribution in [0.1, 0.15) is 32.8 Å². The maximum absolute atomic E-state index is 2.29. The van der Waals surface area contributed by atoms with Crippen LogP contribution in [0.4, 0.5) is 5.69 Å². The van der Waals surface area contributed by atoms with Gasteiger partial charge in [0.1, 0.15) is 11.9 Å². The molecule has 0 aliphatic carbocycles. The molecule has 1 aliphatic rings. The first-order valence-electron chi connectivity index (χ1n) is 5.20. The number of fused-ring (bicyclic) bond motifs is 1. The quantitative estimate of drug-likeness (QED) is 0.652. The summed E-state index contributed by atoms with van der Waals surface area (Å²) in [6.07, 6.45) is 3.41. The van der Waals surface area contributed by atoms with Gasteiger partial charge in [-0.1, -0.05) is 32.9 Å². The fourth-order valence-corrected chi connectivity index (χ4v) is 1.94. The van der Waals surface area contributed by atoms with Gasteiger partial charge in [-0.15, -0.1) is 0 Å². The van der Waals surface area contributed by atoms with Crippen LogP contribution in [0.3, 0.4) is 0 Å². The molecule has 2 N–H and O–H groups in total. The topological polar surface area (TPSA) is 16.6 Å². The standard InChI is InChI=1S/C13H17N/c1-13(2,3)8-10-9-14-12-7-5-4-6-11(10)12/h4-7,9,14H,8H2,1-3H3/p+1. The zero-order valence-corrected chi connectivity index (χ0v) is 9.17. The summed E-state index contributed by atoms with van der Waals surface area (Å²) in [5.74, 6) is 0. The van der Waals surface area contributed by atoms with Crippen molar-refractivity contribution in [2.24, 2.45) is 5.41 Å². The Morgan fingerprint density at radius 1 is 1.14 bits per heavy atom. The smallest absolute Gasteiger partial charge is 0.141 e. The van der Waals surface area contributed by atoms with Crippen LogP contribution in [0.2, 0.25) is 0 Å². The van der Waals surface area contributed by atoms with E-state index in [-0.39, 0.29) is 0 Å². The molecule has 0 bridgehead atoms. The van der Waals surface area contributed by atoms with Gasteiger partial charge < -0.3 is 0 Å². The van der Waals surface area contributed by atoms with Gasteiger partial charge in [-0.25, -0.2) is 0 Å². The molecule has 0 radical (unpaired) electrons. The maximum Gasteiger partial charge on any atom is 0.141 e. The van der Waals surface area contributed by atoms with E-state index in [0.29, 0.717) is 5.41 Å². The lowest BCUT2D eigenvalue weighted by atomic mass is 9.86. The van der Waals surface area contributed by atoms with Gasteiger partial charge in [-0.05, 0) is 17.9 Å². The van der Waals surface area contributed by atoms with Crippen LogP contribution in [0.25, 0.3) is 5.57 Å². The van der Waals surface area contributed by atoms with Gasteiger partial charge >= 0.3 is 0 Å². The van der Waals surface area contributed by atoms with E-state index in [9.17, 15) is 0 Å². The average Bonchev–Trinajstić information content (AvgIpc) is 2.47. The molecule has 0 spiro atoms. The zero-order chi connectivity index (χ0) is 10.2. The molecule has 0 unspecified atom stereocenters. The van der Waals surface area contributed by atoms with Crippen LogP contribution in [0.5, 0.6) is 0 Å². The Hall–Kier alpha value is -1.08. The van der Waals surface area contributed by atoms with Crippen molar-refractivity contribution in [3.63, 3.8) is 0 Å². The van der Waals surface area contributed by atoms with Crippen LogP contribution in [0, 0.1) is 5.41 Å². The highest BCUT2D eigenvalue weighted by Gasteiger charge is 2.22. The summed E-state index contributed by atoms with van der Waals surface area (Å²) in [5, 5.41) is 2.22. The van der Waals surface area contributed by atoms with Crippen molar-refractivity contribution in [1.29, 1.82) is 0 Å². The van der Waals surface area contributed by atoms with Gasteiger partial charge in [0.25, 0.3) is 0 Å². The molecule has 0 amide bonds. The summed E-state index contributed by atoms with van der Waals surface area (Å²) in [5.41, 5.74) is 4.64. The van der Waals surface area contributed by atoms with E-state index in [1.54, 1.807) is 0 Å². The number of rotatable bonds is 1. The van der Waals surface area contributed by atoms with Gasteiger partial charge in [0.15, 0.2) is 0 Å². The van der Waals surface area contributed by atoms with Crippen molar-refractivity contribution >= 4 is 11.3 Å². The Bertz CT molecular complexity index is 369. The number of benzene rings is 1. The molecule has 0 aromatic heterocycles. The largest absolute Gasteiger partial charge is 0.287 e. The Kier molecular flexibility index (Phi) is 2.20. The first kappa shape index (κ1) is 9.47. The van der Waals surface area contributed by atoms with Gasteiger partial charge in [-0.3, -0.25) is 5.32 Å². The SMILES string of the molecule is CC(C)(C)CC1=C[NH2+]c2ccccc21. The average molecular weight is 188 g/mol. The molecule has 2 rings (SSSR count). The van der Waals surface area contributed by atoms with Crippen LogP contribution >= 0.6 is 0 Å². The number of para-hydroxylation sites is 1. The number of hydrogen-bond acceptors (Lipinski definition) is 0. The molecule has 0 fully saturated rings. The van der Waals surface area contributed by atoms with Crippen LogP contribution in [-0.2, 0) is 0 Å². The fourth-order valence-electron chi connectivity index (χ4n) is 1.94. The molecule has 1 aromatic carbocycles. The molecule has 1 heterocycles. The van der Waals surface area contributed by atoms with Gasteiger partial charge in [0, 0.05) is 17.2 Å².